The molecule has 0 bridgehead atoms. The Hall–Kier alpha value is -2.38. The van der Waals surface area contributed by atoms with E-state index in [4.69, 9.17) is 9.47 Å². The Bertz CT molecular complexity index is 1460. The molecule has 50 heavy (non-hydrogen) atoms. The molecule has 280 valence electrons. The van der Waals surface area contributed by atoms with Gasteiger partial charge in [0.05, 0.1) is 11.5 Å². The highest BCUT2D eigenvalue weighted by Gasteiger charge is 2.71. The summed E-state index contributed by atoms with van der Waals surface area (Å²) in [5.74, 6) is 1.18. The summed E-state index contributed by atoms with van der Waals surface area (Å²) in [4.78, 5) is 55.6. The van der Waals surface area contributed by atoms with Crippen molar-refractivity contribution >= 4 is 23.8 Å². The lowest BCUT2D eigenvalue weighted by atomic mass is 9.33. The maximum absolute atomic E-state index is 14.7. The van der Waals surface area contributed by atoms with Crippen LogP contribution in [-0.2, 0) is 23.9 Å². The molecule has 0 aromatic rings. The van der Waals surface area contributed by atoms with Crippen molar-refractivity contribution in [2.45, 2.75) is 165 Å². The van der Waals surface area contributed by atoms with Crippen LogP contribution in [0.15, 0.2) is 11.1 Å². The number of carbonyl (C=O) groups is 4. The fourth-order valence-electron chi connectivity index (χ4n) is 13.3. The number of fused-ring (bicyclic) bond motifs is 7. The summed E-state index contributed by atoms with van der Waals surface area (Å²) in [6, 6.07) is -0.112. The first kappa shape index (κ1) is 37.4. The van der Waals surface area contributed by atoms with Crippen LogP contribution < -0.4 is 5.32 Å². The van der Waals surface area contributed by atoms with Crippen LogP contribution in [0.4, 0.5) is 4.79 Å². The zero-order chi connectivity index (χ0) is 36.8. The van der Waals surface area contributed by atoms with E-state index in [2.05, 4.69) is 53.8 Å². The molecule has 2 amide bonds. The lowest BCUT2D eigenvalue weighted by molar-refractivity contribution is -0.232. The van der Waals surface area contributed by atoms with Gasteiger partial charge in [0.25, 0.3) is 0 Å². The third kappa shape index (κ3) is 5.58. The second kappa shape index (κ2) is 12.4. The van der Waals surface area contributed by atoms with E-state index in [9.17, 15) is 19.2 Å². The molecule has 1 aliphatic heterocycles. The second-order valence-electron chi connectivity index (χ2n) is 19.9. The molecule has 8 nitrogen and oxygen atoms in total. The van der Waals surface area contributed by atoms with Crippen LogP contribution in [0.3, 0.4) is 0 Å². The Morgan fingerprint density at radius 3 is 2.24 bits per heavy atom. The van der Waals surface area contributed by atoms with Crippen LogP contribution >= 0.6 is 0 Å². The molecule has 0 aromatic carbocycles. The van der Waals surface area contributed by atoms with Crippen LogP contribution in [0.1, 0.15) is 147 Å². The van der Waals surface area contributed by atoms with Gasteiger partial charge in [0.1, 0.15) is 11.7 Å². The molecule has 1 N–H and O–H groups in total. The fourth-order valence-corrected chi connectivity index (χ4v) is 13.3. The van der Waals surface area contributed by atoms with E-state index in [1.54, 1.807) is 4.90 Å². The summed E-state index contributed by atoms with van der Waals surface area (Å²) in [6.07, 6.45) is 9.47. The number of likely N-dealkylation sites (tertiary alicyclic amines) is 1. The van der Waals surface area contributed by atoms with Gasteiger partial charge in [-0.15, -0.1) is 0 Å². The molecule has 5 aliphatic carbocycles. The smallest absolute Gasteiger partial charge is 0.410 e. The molecular weight excluding hydrogens is 628 g/mol. The second-order valence-corrected chi connectivity index (χ2v) is 19.9. The minimum absolute atomic E-state index is 0.0249. The van der Waals surface area contributed by atoms with E-state index in [1.165, 1.54) is 6.92 Å². The minimum Gasteiger partial charge on any atom is -0.462 e. The average molecular weight is 695 g/mol. The third-order valence-corrected chi connectivity index (χ3v) is 15.6. The number of ether oxygens (including phenoxy) is 2. The molecule has 0 spiro atoms. The molecule has 9 atom stereocenters. The number of amides is 2. The lowest BCUT2D eigenvalue weighted by Crippen LogP contribution is -2.66. The molecule has 3 unspecified atom stereocenters. The van der Waals surface area contributed by atoms with E-state index in [-0.39, 0.29) is 75.8 Å². The van der Waals surface area contributed by atoms with Crippen molar-refractivity contribution in [3.05, 3.63) is 11.1 Å². The van der Waals surface area contributed by atoms with Crippen molar-refractivity contribution in [2.75, 3.05) is 13.1 Å². The van der Waals surface area contributed by atoms with Gasteiger partial charge in [0, 0.05) is 31.8 Å². The largest absolute Gasteiger partial charge is 0.462 e. The number of allylic oxidation sites excluding steroid dienone is 1. The van der Waals surface area contributed by atoms with Crippen molar-refractivity contribution in [2.24, 2.45) is 50.7 Å². The number of carbonyl (C=O) groups excluding carboxylic acids is 4. The Morgan fingerprint density at radius 1 is 0.900 bits per heavy atom. The Labute approximate surface area is 301 Å². The summed E-state index contributed by atoms with van der Waals surface area (Å²) < 4.78 is 11.6. The van der Waals surface area contributed by atoms with E-state index in [0.717, 1.165) is 68.9 Å². The molecular formula is C42H66N2O6. The van der Waals surface area contributed by atoms with E-state index in [0.29, 0.717) is 31.3 Å². The first-order valence-electron chi connectivity index (χ1n) is 19.9. The fraction of sp³-hybridized carbons (Fsp3) is 0.857. The molecule has 0 aromatic heterocycles. The molecule has 0 radical (unpaired) electrons. The molecule has 1 saturated heterocycles. The first-order chi connectivity index (χ1) is 23.1. The van der Waals surface area contributed by atoms with Gasteiger partial charge in [-0.2, -0.15) is 0 Å². The summed E-state index contributed by atoms with van der Waals surface area (Å²) >= 11 is 0. The Morgan fingerprint density at radius 2 is 1.60 bits per heavy atom. The standard InChI is InChI=1S/C42H66N2O6/c1-25(2)33-29(46)23-42(35(47)43-24-27-13-12-22-44(27)36(48)50-37(4,5)6)21-20-40(10)28(34(33)42)14-15-31-39(9)18-17-32(49-26(3)45)38(7,8)30(39)16-19-41(31,40)11/h25,27-28,30-32H,12-24H2,1-11H3,(H,43,47)/t27-,28?,30?,31?,32-,39-,40+,41+,42+/m0/s1. The van der Waals surface area contributed by atoms with Crippen molar-refractivity contribution in [3.63, 3.8) is 0 Å². The van der Waals surface area contributed by atoms with E-state index < -0.39 is 11.0 Å². The highest BCUT2D eigenvalue weighted by Crippen LogP contribution is 2.76. The predicted octanol–water partition coefficient (Wildman–Crippen LogP) is 8.41. The highest BCUT2D eigenvalue weighted by molar-refractivity contribution is 6.07. The van der Waals surface area contributed by atoms with Crippen LogP contribution in [0, 0.1) is 50.7 Å². The van der Waals surface area contributed by atoms with Gasteiger partial charge in [-0.25, -0.2) is 4.79 Å². The quantitative estimate of drug-likeness (QED) is 0.290. The minimum atomic E-state index is -0.815. The van der Waals surface area contributed by atoms with Crippen molar-refractivity contribution in [1.82, 2.24) is 10.2 Å². The van der Waals surface area contributed by atoms with E-state index in [1.807, 2.05) is 20.8 Å². The van der Waals surface area contributed by atoms with E-state index >= 15 is 0 Å². The summed E-state index contributed by atoms with van der Waals surface area (Å²) in [5, 5.41) is 3.32. The van der Waals surface area contributed by atoms with Gasteiger partial charge in [-0.3, -0.25) is 14.4 Å². The maximum atomic E-state index is 14.7. The zero-order valence-electron chi connectivity index (χ0n) is 33.1. The van der Waals surface area contributed by atoms with Gasteiger partial charge < -0.3 is 19.7 Å². The van der Waals surface area contributed by atoms with Gasteiger partial charge in [-0.1, -0.05) is 48.5 Å². The van der Waals surface area contributed by atoms with Gasteiger partial charge in [0.15, 0.2) is 5.78 Å². The van der Waals surface area contributed by atoms with Gasteiger partial charge >= 0.3 is 12.1 Å². The molecule has 6 aliphatic rings. The molecule has 1 heterocycles. The van der Waals surface area contributed by atoms with Crippen LogP contribution in [0.25, 0.3) is 0 Å². The maximum Gasteiger partial charge on any atom is 0.410 e. The molecule has 8 heteroatoms. The predicted molar refractivity (Wildman–Crippen MR) is 194 cm³/mol. The van der Waals surface area contributed by atoms with Gasteiger partial charge in [0.2, 0.25) is 5.91 Å². The Balaban J connectivity index is 1.29. The number of hydrogen-bond donors (Lipinski definition) is 1. The summed E-state index contributed by atoms with van der Waals surface area (Å²) in [7, 11) is 0. The van der Waals surface area contributed by atoms with Crippen LogP contribution in [0.5, 0.6) is 0 Å². The zero-order valence-corrected chi connectivity index (χ0v) is 33.1. The normalized spacial score (nSPS) is 40.8. The van der Waals surface area contributed by atoms with Crippen molar-refractivity contribution < 1.29 is 28.7 Å². The number of rotatable bonds is 5. The Kier molecular flexibility index (Phi) is 9.24. The SMILES string of the molecule is CC(=O)O[C@H]1CC[C@@]2(C)C(CC[C@]3(C)C2CCC2C4=C(C(C)C)C(=O)C[C@]4(C(=O)NC[C@@H]4CCCN4C(=O)OC(C)(C)C)CC[C@]23C)C1(C)C. The topological polar surface area (TPSA) is 102 Å². The summed E-state index contributed by atoms with van der Waals surface area (Å²) in [5.41, 5.74) is 0.739. The number of esters is 1. The number of nitrogens with one attached hydrogen (secondary N) is 1. The third-order valence-electron chi connectivity index (χ3n) is 15.6. The molecule has 4 saturated carbocycles. The van der Waals surface area contributed by atoms with Crippen molar-refractivity contribution in [1.29, 1.82) is 0 Å². The monoisotopic (exact) mass is 694 g/mol. The van der Waals surface area contributed by atoms with Crippen LogP contribution in [-0.4, -0.2) is 59.5 Å². The summed E-state index contributed by atoms with van der Waals surface area (Å²) in [6.45, 7) is 24.7. The highest BCUT2D eigenvalue weighted by atomic mass is 16.6. The number of nitrogens with zero attached hydrogens (tertiary/aromatic N) is 1. The molecule has 6 rings (SSSR count). The number of ketones is 1. The molecule has 5 fully saturated rings. The first-order valence-corrected chi connectivity index (χ1v) is 19.9. The van der Waals surface area contributed by atoms with Crippen LogP contribution in [0.2, 0.25) is 0 Å². The van der Waals surface area contributed by atoms with Gasteiger partial charge in [-0.05, 0) is 136 Å². The lowest BCUT2D eigenvalue weighted by Gasteiger charge is -2.72. The number of Topliss-reactive ketones (excluding diaryl/α,β-unsaturated/α-hetero) is 1. The average Bonchev–Trinajstić information content (AvgIpc) is 3.59. The number of hydrogen-bond acceptors (Lipinski definition) is 6. The van der Waals surface area contributed by atoms with Crippen molar-refractivity contribution in [3.8, 4) is 0 Å².